The fourth-order valence-electron chi connectivity index (χ4n) is 1.99. The summed E-state index contributed by atoms with van der Waals surface area (Å²) in [6.07, 6.45) is 6.63. The van der Waals surface area contributed by atoms with E-state index in [9.17, 15) is 4.79 Å². The Kier molecular flexibility index (Phi) is 4.08. The minimum Gasteiger partial charge on any atom is -0.348 e. The molecular weight excluding hydrogens is 152 g/mol. The molecule has 69 valence electrons. The molecule has 1 aliphatic carbocycles. The van der Waals surface area contributed by atoms with Gasteiger partial charge in [0.25, 0.3) is 0 Å². The predicted molar refractivity (Wildman–Crippen MR) is 48.2 cm³/mol. The van der Waals surface area contributed by atoms with Crippen LogP contribution in [-0.4, -0.2) is 19.5 Å². The summed E-state index contributed by atoms with van der Waals surface area (Å²) in [6.45, 7) is 1.57. The highest BCUT2D eigenvalue weighted by molar-refractivity contribution is 5.46. The first-order valence-corrected chi connectivity index (χ1v) is 4.67. The summed E-state index contributed by atoms with van der Waals surface area (Å²) in [6, 6.07) is 0. The molecule has 3 N–H and O–H groups in total. The number of rotatable bonds is 4. The monoisotopic (exact) mass is 169 g/mol. The van der Waals surface area contributed by atoms with Crippen LogP contribution in [0.25, 0.3) is 0 Å². The highest BCUT2D eigenvalue weighted by Crippen LogP contribution is 2.27. The smallest absolute Gasteiger partial charge is 0.309 e. The van der Waals surface area contributed by atoms with Gasteiger partial charge in [-0.3, -0.25) is 4.79 Å². The van der Waals surface area contributed by atoms with E-state index in [-0.39, 0.29) is 0 Å². The molecule has 0 saturated heterocycles. The number of hydrogen-bond acceptors (Lipinski definition) is 2. The van der Waals surface area contributed by atoms with Crippen molar-refractivity contribution in [3.05, 3.63) is 0 Å². The Labute approximate surface area is 73.7 Å². The van der Waals surface area contributed by atoms with E-state index < -0.39 is 0 Å². The van der Waals surface area contributed by atoms with Crippen molar-refractivity contribution >= 4 is 6.41 Å². The standard InChI is InChI=1S/C9H17N2O/c10-5-8-2-1-3-9(4-8)6-11-7-12/h8-9H,1-6,10H2,(H,11,12). The fourth-order valence-corrected chi connectivity index (χ4v) is 1.99. The number of carbonyl (C=O) groups excluding carboxylic acids is 1. The number of nitrogens with one attached hydrogen (secondary N) is 1. The molecule has 0 heterocycles. The summed E-state index contributed by atoms with van der Waals surface area (Å²) in [7, 11) is 0. The maximum absolute atomic E-state index is 9.94. The highest BCUT2D eigenvalue weighted by Gasteiger charge is 2.20. The zero-order valence-corrected chi connectivity index (χ0v) is 7.38. The molecule has 0 aromatic rings. The summed E-state index contributed by atoms with van der Waals surface area (Å²) < 4.78 is 0. The molecule has 1 aliphatic rings. The van der Waals surface area contributed by atoms with Crippen LogP contribution in [0.1, 0.15) is 25.7 Å². The van der Waals surface area contributed by atoms with E-state index in [0.717, 1.165) is 13.1 Å². The van der Waals surface area contributed by atoms with Gasteiger partial charge in [-0.05, 0) is 37.6 Å². The maximum atomic E-state index is 9.94. The van der Waals surface area contributed by atoms with Gasteiger partial charge in [-0.25, -0.2) is 0 Å². The topological polar surface area (TPSA) is 55.1 Å². The molecule has 2 atom stereocenters. The van der Waals surface area contributed by atoms with Crippen molar-refractivity contribution in [3.63, 3.8) is 0 Å². The molecule has 0 aromatic heterocycles. The molecule has 1 amide bonds. The van der Waals surface area contributed by atoms with Crippen molar-refractivity contribution in [2.45, 2.75) is 25.7 Å². The highest BCUT2D eigenvalue weighted by atomic mass is 16.1. The summed E-state index contributed by atoms with van der Waals surface area (Å²) in [4.78, 5) is 9.94. The molecule has 1 saturated carbocycles. The average molecular weight is 169 g/mol. The second-order valence-electron chi connectivity index (χ2n) is 3.62. The van der Waals surface area contributed by atoms with Gasteiger partial charge >= 0.3 is 6.41 Å². The molecular formula is C9H17N2O. The molecule has 3 heteroatoms. The van der Waals surface area contributed by atoms with Crippen LogP contribution in [-0.2, 0) is 4.79 Å². The van der Waals surface area contributed by atoms with Crippen LogP contribution < -0.4 is 11.1 Å². The van der Waals surface area contributed by atoms with Crippen molar-refractivity contribution in [2.24, 2.45) is 17.6 Å². The van der Waals surface area contributed by atoms with Crippen LogP contribution >= 0.6 is 0 Å². The molecule has 1 rings (SSSR count). The molecule has 1 radical (unpaired) electrons. The maximum Gasteiger partial charge on any atom is 0.309 e. The van der Waals surface area contributed by atoms with E-state index in [1.54, 1.807) is 6.41 Å². The van der Waals surface area contributed by atoms with Crippen LogP contribution in [0, 0.1) is 11.8 Å². The van der Waals surface area contributed by atoms with Gasteiger partial charge in [0.2, 0.25) is 0 Å². The van der Waals surface area contributed by atoms with Crippen LogP contribution in [0.4, 0.5) is 0 Å². The van der Waals surface area contributed by atoms with E-state index >= 15 is 0 Å². The van der Waals surface area contributed by atoms with Crippen LogP contribution in [0.15, 0.2) is 0 Å². The summed E-state index contributed by atoms with van der Waals surface area (Å²) in [5.41, 5.74) is 5.60. The zero-order valence-electron chi connectivity index (χ0n) is 7.38. The SMILES string of the molecule is NCC1CCCC(CN[C]=O)C1. The van der Waals surface area contributed by atoms with Crippen molar-refractivity contribution < 1.29 is 4.79 Å². The van der Waals surface area contributed by atoms with Gasteiger partial charge in [0.15, 0.2) is 0 Å². The third kappa shape index (κ3) is 2.81. The van der Waals surface area contributed by atoms with Crippen molar-refractivity contribution in [2.75, 3.05) is 13.1 Å². The Balaban J connectivity index is 2.20. The molecule has 0 spiro atoms. The van der Waals surface area contributed by atoms with E-state index in [2.05, 4.69) is 5.32 Å². The quantitative estimate of drug-likeness (QED) is 0.599. The van der Waals surface area contributed by atoms with Crippen molar-refractivity contribution in [1.29, 1.82) is 0 Å². The van der Waals surface area contributed by atoms with Crippen LogP contribution in [0.3, 0.4) is 0 Å². The van der Waals surface area contributed by atoms with Gasteiger partial charge in [0.05, 0.1) is 0 Å². The summed E-state index contributed by atoms with van der Waals surface area (Å²) in [5, 5.41) is 2.62. The van der Waals surface area contributed by atoms with E-state index in [4.69, 9.17) is 5.73 Å². The van der Waals surface area contributed by atoms with Gasteiger partial charge in [-0.1, -0.05) is 6.42 Å². The first-order chi connectivity index (χ1) is 5.86. The van der Waals surface area contributed by atoms with Gasteiger partial charge in [0.1, 0.15) is 0 Å². The Morgan fingerprint density at radius 1 is 1.42 bits per heavy atom. The normalized spacial score (nSPS) is 29.8. The Morgan fingerprint density at radius 2 is 2.17 bits per heavy atom. The first kappa shape index (κ1) is 9.52. The number of nitrogens with two attached hydrogens (primary N) is 1. The lowest BCUT2D eigenvalue weighted by Crippen LogP contribution is -2.29. The Morgan fingerprint density at radius 3 is 2.83 bits per heavy atom. The summed E-state index contributed by atoms with van der Waals surface area (Å²) in [5.74, 6) is 1.31. The van der Waals surface area contributed by atoms with E-state index in [1.165, 1.54) is 25.7 Å². The third-order valence-electron chi connectivity index (χ3n) is 2.69. The largest absolute Gasteiger partial charge is 0.348 e. The minimum absolute atomic E-state index is 0.633. The number of hydrogen-bond donors (Lipinski definition) is 2. The molecule has 3 nitrogen and oxygen atoms in total. The first-order valence-electron chi connectivity index (χ1n) is 4.67. The lowest BCUT2D eigenvalue weighted by atomic mass is 9.81. The zero-order chi connectivity index (χ0) is 8.81. The van der Waals surface area contributed by atoms with Gasteiger partial charge in [-0.2, -0.15) is 0 Å². The van der Waals surface area contributed by atoms with Crippen molar-refractivity contribution in [1.82, 2.24) is 5.32 Å². The third-order valence-corrected chi connectivity index (χ3v) is 2.69. The minimum atomic E-state index is 0.633. The lowest BCUT2D eigenvalue weighted by molar-refractivity contribution is 0.271. The summed E-state index contributed by atoms with van der Waals surface area (Å²) >= 11 is 0. The molecule has 2 unspecified atom stereocenters. The molecule has 0 aliphatic heterocycles. The van der Waals surface area contributed by atoms with Crippen molar-refractivity contribution in [3.8, 4) is 0 Å². The molecule has 0 bridgehead atoms. The van der Waals surface area contributed by atoms with Crippen LogP contribution in [0.2, 0.25) is 0 Å². The Bertz CT molecular complexity index is 138. The van der Waals surface area contributed by atoms with Gasteiger partial charge in [0, 0.05) is 6.54 Å². The Hall–Kier alpha value is -0.570. The second-order valence-corrected chi connectivity index (χ2v) is 3.62. The molecule has 12 heavy (non-hydrogen) atoms. The average Bonchev–Trinajstić information content (AvgIpc) is 2.15. The number of amides is 1. The lowest BCUT2D eigenvalue weighted by Gasteiger charge is -2.27. The van der Waals surface area contributed by atoms with Gasteiger partial charge < -0.3 is 11.1 Å². The molecule has 0 aromatic carbocycles. The van der Waals surface area contributed by atoms with E-state index in [0.29, 0.717) is 11.8 Å². The van der Waals surface area contributed by atoms with Crippen LogP contribution in [0.5, 0.6) is 0 Å². The van der Waals surface area contributed by atoms with Gasteiger partial charge in [-0.15, -0.1) is 0 Å². The fraction of sp³-hybridized carbons (Fsp3) is 0.889. The molecule has 1 fully saturated rings. The van der Waals surface area contributed by atoms with E-state index in [1.807, 2.05) is 0 Å². The second kappa shape index (κ2) is 5.14. The predicted octanol–water partition coefficient (Wildman–Crippen LogP) is 0.408.